The summed E-state index contributed by atoms with van der Waals surface area (Å²) in [6.45, 7) is 6.77. The first-order valence-electron chi connectivity index (χ1n) is 11.6. The second kappa shape index (κ2) is 10.4. The molecule has 4 rings (SSSR count). The average Bonchev–Trinajstić information content (AvgIpc) is 3.59. The zero-order valence-electron chi connectivity index (χ0n) is 19.6. The fourth-order valence-corrected chi connectivity index (χ4v) is 4.63. The van der Waals surface area contributed by atoms with E-state index < -0.39 is 0 Å². The number of hydrogen-bond donors (Lipinski definition) is 4. The van der Waals surface area contributed by atoms with Gasteiger partial charge >= 0.3 is 0 Å². The van der Waals surface area contributed by atoms with Crippen molar-refractivity contribution in [3.8, 4) is 5.75 Å². The fraction of sp³-hybridized carbons (Fsp3) is 0.458. The van der Waals surface area contributed by atoms with Crippen LogP contribution in [0.3, 0.4) is 0 Å². The van der Waals surface area contributed by atoms with Crippen molar-refractivity contribution in [1.29, 1.82) is 0 Å². The number of aromatic hydroxyl groups is 1. The average molecular weight is 486 g/mol. The molecule has 2 aromatic heterocycles. The number of carbonyl (C=O) groups is 1. The number of likely N-dealkylation sites (tertiary alicyclic amines) is 1. The van der Waals surface area contributed by atoms with Crippen LogP contribution in [0.15, 0.2) is 34.9 Å². The van der Waals surface area contributed by atoms with Crippen molar-refractivity contribution >= 4 is 35.0 Å². The summed E-state index contributed by atoms with van der Waals surface area (Å²) in [5.41, 5.74) is 1.68. The molecule has 1 unspecified atom stereocenters. The number of aromatic nitrogens is 2. The van der Waals surface area contributed by atoms with E-state index in [2.05, 4.69) is 46.2 Å². The Bertz CT molecular complexity index is 1130. The number of rotatable bonds is 9. The lowest BCUT2D eigenvalue weighted by Gasteiger charge is -2.24. The molecule has 2 atom stereocenters. The predicted octanol–water partition coefficient (Wildman–Crippen LogP) is 4.86. The molecule has 1 aliphatic heterocycles. The molecule has 4 N–H and O–H groups in total. The number of benzene rings is 1. The molecule has 9 nitrogen and oxygen atoms in total. The van der Waals surface area contributed by atoms with Gasteiger partial charge in [0.15, 0.2) is 17.4 Å². The quantitative estimate of drug-likeness (QED) is 0.317. The van der Waals surface area contributed by atoms with Crippen LogP contribution >= 0.6 is 11.7 Å². The minimum atomic E-state index is -0.294. The lowest BCUT2D eigenvalue weighted by molar-refractivity contribution is 0.0674. The molecule has 1 aromatic carbocycles. The van der Waals surface area contributed by atoms with Crippen LogP contribution in [-0.2, 0) is 0 Å². The molecule has 1 amide bonds. The van der Waals surface area contributed by atoms with Gasteiger partial charge in [0.2, 0.25) is 0 Å². The number of furan rings is 1. The van der Waals surface area contributed by atoms with E-state index in [1.165, 1.54) is 0 Å². The van der Waals surface area contributed by atoms with Gasteiger partial charge < -0.3 is 30.2 Å². The highest BCUT2D eigenvalue weighted by Gasteiger charge is 2.30. The number of phenolic OH excluding ortho intramolecular Hbond substituents is 1. The Balaban J connectivity index is 1.53. The Morgan fingerprint density at radius 2 is 2.12 bits per heavy atom. The van der Waals surface area contributed by atoms with Crippen LogP contribution in [0, 0.1) is 0 Å². The first kappa shape index (κ1) is 24.0. The Morgan fingerprint density at radius 1 is 1.32 bits per heavy atom. The molecule has 1 saturated heterocycles. The summed E-state index contributed by atoms with van der Waals surface area (Å²) in [5, 5.41) is 26.9. The monoisotopic (exact) mass is 485 g/mol. The number of anilines is 3. The molecule has 1 fully saturated rings. The number of aliphatic hydroxyl groups is 1. The Kier molecular flexibility index (Phi) is 7.38. The van der Waals surface area contributed by atoms with Crippen molar-refractivity contribution in [2.45, 2.75) is 58.0 Å². The lowest BCUT2D eigenvalue weighted by Crippen LogP contribution is -2.37. The van der Waals surface area contributed by atoms with E-state index in [1.54, 1.807) is 29.4 Å². The second-order valence-corrected chi connectivity index (χ2v) is 9.34. The summed E-state index contributed by atoms with van der Waals surface area (Å²) in [7, 11) is 0. The minimum absolute atomic E-state index is 0.0864. The van der Waals surface area contributed by atoms with Crippen LogP contribution in [0.2, 0.25) is 0 Å². The minimum Gasteiger partial charge on any atom is -0.505 e. The Hall–Kier alpha value is -3.11. The van der Waals surface area contributed by atoms with Gasteiger partial charge in [0.25, 0.3) is 5.91 Å². The maximum atomic E-state index is 13.0. The molecule has 1 aliphatic rings. The van der Waals surface area contributed by atoms with Gasteiger partial charge in [-0.15, -0.1) is 0 Å². The van der Waals surface area contributed by atoms with Crippen molar-refractivity contribution < 1.29 is 19.4 Å². The summed E-state index contributed by atoms with van der Waals surface area (Å²) in [4.78, 5) is 14.6. The van der Waals surface area contributed by atoms with Crippen molar-refractivity contribution in [2.24, 2.45) is 0 Å². The standard InChI is InChI=1S/C24H31N5O4S/c1-4-18(20-11-15(13-33-20)14(2)3)25-22-23(28-34-27-22)26-19-9-5-8-17(21(19)31)24(32)29-10-6-7-16(29)12-30/h5,8-9,11,13-14,16,18,30-31H,4,6-7,10,12H2,1-3H3,(H,25,27)(H,26,28)/t16-,18?/m0/s1. The summed E-state index contributed by atoms with van der Waals surface area (Å²) in [6, 6.07) is 6.72. The van der Waals surface area contributed by atoms with E-state index in [9.17, 15) is 15.0 Å². The molecule has 0 radical (unpaired) electrons. The fourth-order valence-electron chi connectivity index (χ4n) is 4.15. The van der Waals surface area contributed by atoms with E-state index in [-0.39, 0.29) is 35.9 Å². The highest BCUT2D eigenvalue weighted by Crippen LogP contribution is 2.35. The van der Waals surface area contributed by atoms with E-state index in [4.69, 9.17) is 4.42 Å². The number of nitrogens with zero attached hydrogens (tertiary/aromatic N) is 3. The number of hydrogen-bond acceptors (Lipinski definition) is 9. The van der Waals surface area contributed by atoms with Crippen LogP contribution in [0.4, 0.5) is 17.3 Å². The first-order chi connectivity index (χ1) is 16.4. The number of amides is 1. The third-order valence-corrected chi connectivity index (χ3v) is 6.75. The maximum Gasteiger partial charge on any atom is 0.258 e. The van der Waals surface area contributed by atoms with E-state index in [0.29, 0.717) is 29.8 Å². The Labute approximate surface area is 203 Å². The highest BCUT2D eigenvalue weighted by atomic mass is 32.1. The molecular formula is C24H31N5O4S. The number of phenols is 1. The number of nitrogens with one attached hydrogen (secondary N) is 2. The molecule has 0 aliphatic carbocycles. The van der Waals surface area contributed by atoms with Crippen LogP contribution in [0.1, 0.15) is 73.7 Å². The zero-order valence-corrected chi connectivity index (χ0v) is 20.4. The summed E-state index contributed by atoms with van der Waals surface area (Å²) >= 11 is 1.04. The third-order valence-electron chi connectivity index (χ3n) is 6.23. The van der Waals surface area contributed by atoms with E-state index >= 15 is 0 Å². The lowest BCUT2D eigenvalue weighted by atomic mass is 10.1. The summed E-state index contributed by atoms with van der Waals surface area (Å²) in [6.07, 6.45) is 4.15. The zero-order chi connectivity index (χ0) is 24.2. The van der Waals surface area contributed by atoms with Crippen LogP contribution < -0.4 is 10.6 Å². The normalized spacial score (nSPS) is 16.7. The van der Waals surface area contributed by atoms with Crippen LogP contribution in [0.25, 0.3) is 0 Å². The maximum absolute atomic E-state index is 13.0. The van der Waals surface area contributed by atoms with Crippen LogP contribution in [-0.4, -0.2) is 49.0 Å². The van der Waals surface area contributed by atoms with Gasteiger partial charge in [-0.25, -0.2) is 0 Å². The molecule has 0 spiro atoms. The van der Waals surface area contributed by atoms with Gasteiger partial charge in [-0.2, -0.15) is 8.75 Å². The molecule has 34 heavy (non-hydrogen) atoms. The smallest absolute Gasteiger partial charge is 0.258 e. The van der Waals surface area contributed by atoms with Gasteiger partial charge in [-0.3, -0.25) is 4.79 Å². The molecule has 0 bridgehead atoms. The van der Waals surface area contributed by atoms with Crippen molar-refractivity contribution in [3.05, 3.63) is 47.4 Å². The van der Waals surface area contributed by atoms with Crippen molar-refractivity contribution in [1.82, 2.24) is 13.6 Å². The number of carbonyl (C=O) groups excluding carboxylic acids is 1. The van der Waals surface area contributed by atoms with E-state index in [0.717, 1.165) is 42.3 Å². The van der Waals surface area contributed by atoms with Gasteiger partial charge in [0.1, 0.15) is 5.76 Å². The predicted molar refractivity (Wildman–Crippen MR) is 132 cm³/mol. The first-order valence-corrected chi connectivity index (χ1v) is 12.3. The highest BCUT2D eigenvalue weighted by molar-refractivity contribution is 6.99. The molecule has 3 aromatic rings. The van der Waals surface area contributed by atoms with Crippen molar-refractivity contribution in [3.63, 3.8) is 0 Å². The molecule has 0 saturated carbocycles. The topological polar surface area (TPSA) is 124 Å². The molecule has 3 heterocycles. The summed E-state index contributed by atoms with van der Waals surface area (Å²) in [5.74, 6) is 1.74. The van der Waals surface area contributed by atoms with Gasteiger partial charge in [-0.05, 0) is 48.9 Å². The van der Waals surface area contributed by atoms with Gasteiger partial charge in [-0.1, -0.05) is 26.8 Å². The molecular weight excluding hydrogens is 454 g/mol. The molecule has 10 heteroatoms. The Morgan fingerprint density at radius 3 is 2.82 bits per heavy atom. The van der Waals surface area contributed by atoms with Gasteiger partial charge in [0, 0.05) is 6.54 Å². The van der Waals surface area contributed by atoms with Gasteiger partial charge in [0.05, 0.1) is 47.9 Å². The third kappa shape index (κ3) is 4.88. The molecule has 182 valence electrons. The number of aliphatic hydroxyl groups excluding tert-OH is 1. The SMILES string of the molecule is CCC(Nc1nsnc1Nc1cccc(C(=O)N2CCC[C@H]2CO)c1O)c1cc(C(C)C)co1. The summed E-state index contributed by atoms with van der Waals surface area (Å²) < 4.78 is 14.5. The largest absolute Gasteiger partial charge is 0.505 e. The van der Waals surface area contributed by atoms with Crippen LogP contribution in [0.5, 0.6) is 5.75 Å². The second-order valence-electron chi connectivity index (χ2n) is 8.81. The van der Waals surface area contributed by atoms with Crippen molar-refractivity contribution in [2.75, 3.05) is 23.8 Å². The van der Waals surface area contributed by atoms with E-state index in [1.807, 2.05) is 0 Å². The number of para-hydroxylation sites is 1.